The van der Waals surface area contributed by atoms with Crippen molar-refractivity contribution in [3.63, 3.8) is 0 Å². The molecule has 0 aromatic rings. The van der Waals surface area contributed by atoms with E-state index >= 15 is 0 Å². The Bertz CT molecular complexity index is 211. The smallest absolute Gasteiger partial charge is 0.0195 e. The lowest BCUT2D eigenvalue weighted by molar-refractivity contribution is 0.140. The van der Waals surface area contributed by atoms with Crippen LogP contribution in [0.1, 0.15) is 79.1 Å². The number of hydrogen-bond acceptors (Lipinski definition) is 2. The average molecular weight is 268 g/mol. The third-order valence-corrected chi connectivity index (χ3v) is 4.80. The maximum absolute atomic E-state index is 3.82. The minimum absolute atomic E-state index is 0.670. The second kappa shape index (κ2) is 9.77. The summed E-state index contributed by atoms with van der Waals surface area (Å²) >= 11 is 0. The van der Waals surface area contributed by atoms with E-state index in [4.69, 9.17) is 0 Å². The zero-order chi connectivity index (χ0) is 14.1. The van der Waals surface area contributed by atoms with Gasteiger partial charge in [0.05, 0.1) is 0 Å². The Labute approximate surface area is 121 Å². The van der Waals surface area contributed by atoms with Crippen LogP contribution in [0.4, 0.5) is 0 Å². The Morgan fingerprint density at radius 3 is 2.32 bits per heavy atom. The van der Waals surface area contributed by atoms with Crippen LogP contribution in [-0.2, 0) is 0 Å². The summed E-state index contributed by atoms with van der Waals surface area (Å²) in [6.45, 7) is 11.8. The highest BCUT2D eigenvalue weighted by Gasteiger charge is 2.20. The van der Waals surface area contributed by atoms with Crippen molar-refractivity contribution in [2.45, 2.75) is 97.2 Å². The molecular formula is C17H36N2. The molecule has 0 saturated heterocycles. The van der Waals surface area contributed by atoms with Crippen LogP contribution in [0, 0.1) is 0 Å². The van der Waals surface area contributed by atoms with Gasteiger partial charge in [-0.1, -0.05) is 39.5 Å². The van der Waals surface area contributed by atoms with Crippen LogP contribution < -0.4 is 5.32 Å². The Kier molecular flexibility index (Phi) is 8.72. The quantitative estimate of drug-likeness (QED) is 0.674. The summed E-state index contributed by atoms with van der Waals surface area (Å²) in [5.74, 6) is 0. The number of unbranched alkanes of at least 4 members (excludes halogenated alkanes) is 1. The van der Waals surface area contributed by atoms with Crippen molar-refractivity contribution in [3.05, 3.63) is 0 Å². The molecule has 1 fully saturated rings. The zero-order valence-corrected chi connectivity index (χ0v) is 13.8. The first-order valence-electron chi connectivity index (χ1n) is 8.68. The first kappa shape index (κ1) is 17.0. The van der Waals surface area contributed by atoms with Gasteiger partial charge in [0.1, 0.15) is 0 Å². The highest BCUT2D eigenvalue weighted by Crippen LogP contribution is 2.18. The molecule has 1 aliphatic rings. The van der Waals surface area contributed by atoms with E-state index in [1.54, 1.807) is 0 Å². The van der Waals surface area contributed by atoms with Gasteiger partial charge < -0.3 is 5.32 Å². The topological polar surface area (TPSA) is 15.3 Å². The van der Waals surface area contributed by atoms with Gasteiger partial charge in [0.15, 0.2) is 0 Å². The lowest BCUT2D eigenvalue weighted by atomic mass is 9.95. The molecule has 1 saturated carbocycles. The van der Waals surface area contributed by atoms with Gasteiger partial charge in [-0.3, -0.25) is 4.90 Å². The largest absolute Gasteiger partial charge is 0.312 e. The maximum atomic E-state index is 3.82. The van der Waals surface area contributed by atoms with E-state index in [9.17, 15) is 0 Å². The molecule has 1 rings (SSSR count). The molecule has 2 atom stereocenters. The Morgan fingerprint density at radius 2 is 1.74 bits per heavy atom. The van der Waals surface area contributed by atoms with Gasteiger partial charge >= 0.3 is 0 Å². The Balaban J connectivity index is 2.34. The molecule has 0 aliphatic heterocycles. The summed E-state index contributed by atoms with van der Waals surface area (Å²) in [7, 11) is 0. The summed E-state index contributed by atoms with van der Waals surface area (Å²) in [5, 5.41) is 3.82. The zero-order valence-electron chi connectivity index (χ0n) is 13.8. The van der Waals surface area contributed by atoms with Gasteiger partial charge in [-0.2, -0.15) is 0 Å². The van der Waals surface area contributed by atoms with Gasteiger partial charge in [0.25, 0.3) is 0 Å². The monoisotopic (exact) mass is 268 g/mol. The minimum Gasteiger partial charge on any atom is -0.312 e. The van der Waals surface area contributed by atoms with E-state index in [1.165, 1.54) is 64.5 Å². The van der Waals surface area contributed by atoms with Crippen LogP contribution in [0.3, 0.4) is 0 Å². The first-order chi connectivity index (χ1) is 9.19. The number of rotatable bonds is 9. The normalized spacial score (nSPS) is 20.7. The predicted molar refractivity (Wildman–Crippen MR) is 85.7 cm³/mol. The molecule has 2 heteroatoms. The molecule has 0 spiro atoms. The van der Waals surface area contributed by atoms with E-state index in [-0.39, 0.29) is 0 Å². The molecule has 0 aromatic carbocycles. The molecule has 2 unspecified atom stereocenters. The summed E-state index contributed by atoms with van der Waals surface area (Å²) in [6, 6.07) is 2.18. The fourth-order valence-electron chi connectivity index (χ4n) is 3.21. The fraction of sp³-hybridized carbons (Fsp3) is 1.00. The first-order valence-corrected chi connectivity index (χ1v) is 8.68. The summed E-state index contributed by atoms with van der Waals surface area (Å²) in [5.41, 5.74) is 0. The number of nitrogens with zero attached hydrogens (tertiary/aromatic N) is 1. The van der Waals surface area contributed by atoms with E-state index in [2.05, 4.69) is 37.9 Å². The molecule has 19 heavy (non-hydrogen) atoms. The molecule has 0 aromatic heterocycles. The van der Waals surface area contributed by atoms with Gasteiger partial charge in [-0.25, -0.2) is 0 Å². The third-order valence-electron chi connectivity index (χ3n) is 4.80. The molecule has 2 nitrogen and oxygen atoms in total. The highest BCUT2D eigenvalue weighted by molar-refractivity contribution is 4.78. The highest BCUT2D eigenvalue weighted by atomic mass is 15.2. The van der Waals surface area contributed by atoms with Crippen molar-refractivity contribution in [2.24, 2.45) is 0 Å². The molecule has 1 N–H and O–H groups in total. The van der Waals surface area contributed by atoms with Gasteiger partial charge in [0.2, 0.25) is 0 Å². The fourth-order valence-corrected chi connectivity index (χ4v) is 3.21. The van der Waals surface area contributed by atoms with Gasteiger partial charge in [0, 0.05) is 24.7 Å². The van der Waals surface area contributed by atoms with Crippen molar-refractivity contribution in [1.29, 1.82) is 0 Å². The average Bonchev–Trinajstić information content (AvgIpc) is 2.46. The van der Waals surface area contributed by atoms with Crippen LogP contribution in [0.2, 0.25) is 0 Å². The minimum atomic E-state index is 0.670. The summed E-state index contributed by atoms with van der Waals surface area (Å²) < 4.78 is 0. The molecule has 0 bridgehead atoms. The van der Waals surface area contributed by atoms with Crippen LogP contribution in [0.5, 0.6) is 0 Å². The number of hydrogen-bond donors (Lipinski definition) is 1. The van der Waals surface area contributed by atoms with Crippen LogP contribution >= 0.6 is 0 Å². The van der Waals surface area contributed by atoms with Gasteiger partial charge in [-0.15, -0.1) is 0 Å². The van der Waals surface area contributed by atoms with Crippen molar-refractivity contribution < 1.29 is 0 Å². The van der Waals surface area contributed by atoms with Crippen molar-refractivity contribution in [2.75, 3.05) is 13.1 Å². The van der Waals surface area contributed by atoms with Crippen molar-refractivity contribution >= 4 is 0 Å². The van der Waals surface area contributed by atoms with E-state index in [0.29, 0.717) is 6.04 Å². The van der Waals surface area contributed by atoms with Crippen molar-refractivity contribution in [3.8, 4) is 0 Å². The van der Waals surface area contributed by atoms with E-state index < -0.39 is 0 Å². The van der Waals surface area contributed by atoms with Crippen molar-refractivity contribution in [1.82, 2.24) is 10.2 Å². The Morgan fingerprint density at radius 1 is 1.05 bits per heavy atom. The second-order valence-corrected chi connectivity index (χ2v) is 6.44. The Hall–Kier alpha value is -0.0800. The molecule has 0 heterocycles. The van der Waals surface area contributed by atoms with E-state index in [1.807, 2.05) is 0 Å². The standard InChI is InChI=1S/C17H36N2/c1-5-7-13-19(15(3)6-2)16(4)14-18-17-11-9-8-10-12-17/h15-18H,5-14H2,1-4H3. The third kappa shape index (κ3) is 6.27. The van der Waals surface area contributed by atoms with Crippen LogP contribution in [0.15, 0.2) is 0 Å². The molecule has 0 radical (unpaired) electrons. The molecule has 0 amide bonds. The summed E-state index contributed by atoms with van der Waals surface area (Å²) in [6.07, 6.45) is 11.0. The predicted octanol–water partition coefficient (Wildman–Crippen LogP) is 4.20. The molecule has 1 aliphatic carbocycles. The SMILES string of the molecule is CCCCN(C(C)CC)C(C)CNC1CCCCC1. The molecule has 114 valence electrons. The van der Waals surface area contributed by atoms with Gasteiger partial charge in [-0.05, 0) is 46.1 Å². The van der Waals surface area contributed by atoms with Crippen LogP contribution in [0.25, 0.3) is 0 Å². The van der Waals surface area contributed by atoms with E-state index in [0.717, 1.165) is 12.1 Å². The lowest BCUT2D eigenvalue weighted by Crippen LogP contribution is -2.47. The second-order valence-electron chi connectivity index (χ2n) is 6.44. The maximum Gasteiger partial charge on any atom is 0.0195 e. The lowest BCUT2D eigenvalue weighted by Gasteiger charge is -2.35. The van der Waals surface area contributed by atoms with Crippen LogP contribution in [-0.4, -0.2) is 36.1 Å². The number of nitrogens with one attached hydrogen (secondary N) is 1. The summed E-state index contributed by atoms with van der Waals surface area (Å²) in [4.78, 5) is 2.71. The molecular weight excluding hydrogens is 232 g/mol.